The van der Waals surface area contributed by atoms with Crippen LogP contribution in [0, 0.1) is 6.92 Å². The van der Waals surface area contributed by atoms with Gasteiger partial charge in [0.2, 0.25) is 15.9 Å². The van der Waals surface area contributed by atoms with Crippen molar-refractivity contribution in [2.45, 2.75) is 44.2 Å². The Morgan fingerprint density at radius 3 is 2.60 bits per heavy atom. The van der Waals surface area contributed by atoms with Gasteiger partial charge in [0.05, 0.1) is 12.0 Å². The molecule has 1 aliphatic rings. The van der Waals surface area contributed by atoms with Crippen molar-refractivity contribution in [2.75, 3.05) is 19.0 Å². The van der Waals surface area contributed by atoms with Crippen molar-refractivity contribution in [3.05, 3.63) is 66.2 Å². The number of methoxy groups -OCH3 is 1. The molecule has 0 spiro atoms. The van der Waals surface area contributed by atoms with Gasteiger partial charge in [-0.1, -0.05) is 24.3 Å². The topological polar surface area (TPSA) is 80.6 Å². The Morgan fingerprint density at radius 2 is 1.83 bits per heavy atom. The van der Waals surface area contributed by atoms with Crippen LogP contribution in [0.5, 0.6) is 5.75 Å². The van der Waals surface area contributed by atoms with Crippen LogP contribution < -0.4 is 10.1 Å². The van der Waals surface area contributed by atoms with Crippen molar-refractivity contribution in [2.24, 2.45) is 0 Å². The van der Waals surface area contributed by atoms with E-state index in [0.717, 1.165) is 28.4 Å². The summed E-state index contributed by atoms with van der Waals surface area (Å²) in [4.78, 5) is 13.5. The van der Waals surface area contributed by atoms with E-state index >= 15 is 0 Å². The number of nitrogens with zero attached hydrogens (tertiary/aromatic N) is 2. The number of benzene rings is 3. The lowest BCUT2D eigenvalue weighted by atomic mass is 10.1. The zero-order valence-electron chi connectivity index (χ0n) is 20.1. The second-order valence-electron chi connectivity index (χ2n) is 8.89. The summed E-state index contributed by atoms with van der Waals surface area (Å²) in [7, 11) is -2.36. The highest BCUT2D eigenvalue weighted by molar-refractivity contribution is 7.89. The van der Waals surface area contributed by atoms with E-state index in [1.807, 2.05) is 30.3 Å². The number of nitrogens with one attached hydrogen (secondary N) is 1. The number of hydrogen-bond donors (Lipinski definition) is 1. The smallest absolute Gasteiger partial charge is 0.244 e. The Morgan fingerprint density at radius 1 is 1.06 bits per heavy atom. The summed E-state index contributed by atoms with van der Waals surface area (Å²) in [5.41, 5.74) is 3.53. The lowest BCUT2D eigenvalue weighted by Crippen LogP contribution is -2.43. The number of amides is 1. The summed E-state index contributed by atoms with van der Waals surface area (Å²) in [5, 5.41) is 5.16. The fraction of sp³-hybridized carbons (Fsp3) is 0.296. The summed E-state index contributed by atoms with van der Waals surface area (Å²) < 4.78 is 35.9. The first-order valence-corrected chi connectivity index (χ1v) is 13.3. The molecule has 1 atom stereocenters. The normalized spacial score (nSPS) is 16.7. The van der Waals surface area contributed by atoms with E-state index in [0.29, 0.717) is 36.4 Å². The van der Waals surface area contributed by atoms with E-state index in [9.17, 15) is 13.2 Å². The summed E-state index contributed by atoms with van der Waals surface area (Å²) in [5.74, 6) is 0.152. The second-order valence-corrected chi connectivity index (χ2v) is 10.7. The van der Waals surface area contributed by atoms with Crippen LogP contribution >= 0.6 is 0 Å². The molecule has 0 aliphatic carbocycles. The Labute approximate surface area is 205 Å². The third kappa shape index (κ3) is 3.96. The second kappa shape index (κ2) is 9.02. The van der Waals surface area contributed by atoms with Gasteiger partial charge in [-0.15, -0.1) is 0 Å². The highest BCUT2D eigenvalue weighted by atomic mass is 32.2. The maximum absolute atomic E-state index is 13.5. The van der Waals surface area contributed by atoms with Crippen molar-refractivity contribution in [1.82, 2.24) is 8.87 Å². The van der Waals surface area contributed by atoms with Gasteiger partial charge in [-0.05, 0) is 62.6 Å². The third-order valence-electron chi connectivity index (χ3n) is 6.84. The Kier molecular flexibility index (Phi) is 6.02. The van der Waals surface area contributed by atoms with Crippen LogP contribution in [0.4, 0.5) is 5.69 Å². The number of fused-ring (bicyclic) bond motifs is 3. The highest BCUT2D eigenvalue weighted by Gasteiger charge is 2.40. The first-order chi connectivity index (χ1) is 16.8. The standard InChI is InChI=1S/C27H29N3O4S/c1-4-29-23-9-6-5-8-21(23)22-16-19(12-14-24(22)29)28-27(31)25-10-7-15-30(25)35(32,33)26-17-20(34-3)13-11-18(26)2/h5-6,8-9,11-14,16-17,25H,4,7,10,15H2,1-3H3,(H,28,31)/t25-/m0/s1. The number of ether oxygens (including phenoxy) is 1. The molecule has 0 radical (unpaired) electrons. The average Bonchev–Trinajstić information content (AvgIpc) is 3.48. The van der Waals surface area contributed by atoms with E-state index in [1.54, 1.807) is 19.1 Å². The molecular formula is C27H29N3O4S. The molecule has 1 saturated heterocycles. The summed E-state index contributed by atoms with van der Waals surface area (Å²) >= 11 is 0. The summed E-state index contributed by atoms with van der Waals surface area (Å²) in [6.45, 7) is 5.01. The van der Waals surface area contributed by atoms with Gasteiger partial charge in [0.1, 0.15) is 11.8 Å². The number of carbonyl (C=O) groups excluding carboxylic acids is 1. The fourth-order valence-electron chi connectivity index (χ4n) is 5.10. The molecule has 1 N–H and O–H groups in total. The molecule has 4 aromatic rings. The van der Waals surface area contributed by atoms with Gasteiger partial charge in [0.25, 0.3) is 0 Å². The molecule has 0 saturated carbocycles. The zero-order chi connectivity index (χ0) is 24.7. The maximum Gasteiger partial charge on any atom is 0.244 e. The van der Waals surface area contributed by atoms with Crippen LogP contribution in [-0.4, -0.2) is 42.9 Å². The van der Waals surface area contributed by atoms with Gasteiger partial charge in [-0.3, -0.25) is 4.79 Å². The predicted octanol–water partition coefficient (Wildman–Crippen LogP) is 4.92. The van der Waals surface area contributed by atoms with Gasteiger partial charge in [0.15, 0.2) is 0 Å². The minimum Gasteiger partial charge on any atom is -0.497 e. The highest BCUT2D eigenvalue weighted by Crippen LogP contribution is 2.33. The Hall–Kier alpha value is -3.36. The first kappa shape index (κ1) is 23.4. The number of sulfonamides is 1. The van der Waals surface area contributed by atoms with E-state index in [-0.39, 0.29) is 10.8 Å². The van der Waals surface area contributed by atoms with Crippen LogP contribution in [0.1, 0.15) is 25.3 Å². The fourth-order valence-corrected chi connectivity index (χ4v) is 7.00. The molecule has 0 bridgehead atoms. The lowest BCUT2D eigenvalue weighted by Gasteiger charge is -2.24. The van der Waals surface area contributed by atoms with E-state index in [1.165, 1.54) is 17.5 Å². The Balaban J connectivity index is 1.45. The minimum absolute atomic E-state index is 0.172. The monoisotopic (exact) mass is 491 g/mol. The molecule has 0 unspecified atom stereocenters. The van der Waals surface area contributed by atoms with Gasteiger partial charge >= 0.3 is 0 Å². The van der Waals surface area contributed by atoms with E-state index in [2.05, 4.69) is 28.9 Å². The van der Waals surface area contributed by atoms with Gasteiger partial charge in [-0.25, -0.2) is 8.42 Å². The molecule has 8 heteroatoms. The molecule has 1 aliphatic heterocycles. The third-order valence-corrected chi connectivity index (χ3v) is 8.89. The van der Waals surface area contributed by atoms with Gasteiger partial charge in [0, 0.05) is 46.6 Å². The summed E-state index contributed by atoms with van der Waals surface area (Å²) in [6, 6.07) is 18.3. The molecule has 7 nitrogen and oxygen atoms in total. The van der Waals surface area contributed by atoms with Crippen molar-refractivity contribution in [3.8, 4) is 5.75 Å². The largest absolute Gasteiger partial charge is 0.497 e. The minimum atomic E-state index is -3.86. The number of anilines is 1. The van der Waals surface area contributed by atoms with Crippen molar-refractivity contribution in [1.29, 1.82) is 0 Å². The molecule has 3 aromatic carbocycles. The van der Waals surface area contributed by atoms with Crippen LogP contribution in [0.2, 0.25) is 0 Å². The SMILES string of the molecule is CCn1c2ccccc2c2cc(NC(=O)[C@@H]3CCCN3S(=O)(=O)c3cc(OC)ccc3C)ccc21. The quantitative estimate of drug-likeness (QED) is 0.415. The molecule has 35 heavy (non-hydrogen) atoms. The lowest BCUT2D eigenvalue weighted by molar-refractivity contribution is -0.119. The number of aryl methyl sites for hydroxylation is 2. The molecule has 1 fully saturated rings. The first-order valence-electron chi connectivity index (χ1n) is 11.8. The molecule has 1 amide bonds. The molecule has 2 heterocycles. The zero-order valence-corrected chi connectivity index (χ0v) is 20.9. The van der Waals surface area contributed by atoms with Crippen LogP contribution in [0.3, 0.4) is 0 Å². The van der Waals surface area contributed by atoms with Gasteiger partial charge < -0.3 is 14.6 Å². The summed E-state index contributed by atoms with van der Waals surface area (Å²) in [6.07, 6.45) is 1.11. The molecule has 1 aromatic heterocycles. The van der Waals surface area contributed by atoms with E-state index in [4.69, 9.17) is 4.74 Å². The van der Waals surface area contributed by atoms with Crippen molar-refractivity contribution < 1.29 is 17.9 Å². The average molecular weight is 492 g/mol. The van der Waals surface area contributed by atoms with Crippen molar-refractivity contribution in [3.63, 3.8) is 0 Å². The maximum atomic E-state index is 13.5. The Bertz CT molecular complexity index is 1540. The number of para-hydroxylation sites is 1. The van der Waals surface area contributed by atoms with Crippen LogP contribution in [-0.2, 0) is 21.4 Å². The molecule has 182 valence electrons. The number of aromatic nitrogens is 1. The van der Waals surface area contributed by atoms with E-state index < -0.39 is 16.1 Å². The number of hydrogen-bond acceptors (Lipinski definition) is 4. The van der Waals surface area contributed by atoms with Gasteiger partial charge in [-0.2, -0.15) is 4.31 Å². The number of rotatable bonds is 6. The predicted molar refractivity (Wildman–Crippen MR) is 138 cm³/mol. The van der Waals surface area contributed by atoms with Crippen LogP contribution in [0.25, 0.3) is 21.8 Å². The number of carbonyl (C=O) groups is 1. The molecular weight excluding hydrogens is 462 g/mol. The van der Waals surface area contributed by atoms with Crippen LogP contribution in [0.15, 0.2) is 65.6 Å². The van der Waals surface area contributed by atoms with Crippen molar-refractivity contribution >= 4 is 43.4 Å². The molecule has 5 rings (SSSR count).